The average Bonchev–Trinajstić information content (AvgIpc) is 2.89. The number of hydrogen-bond donors (Lipinski definition) is 1. The Morgan fingerprint density at radius 2 is 2.25 bits per heavy atom. The maximum atomic E-state index is 5.04. The number of nitrogens with one attached hydrogen (secondary N) is 1. The molecule has 0 aliphatic carbocycles. The predicted molar refractivity (Wildman–Crippen MR) is 82.1 cm³/mol. The van der Waals surface area contributed by atoms with E-state index < -0.39 is 0 Å². The molecule has 2 aromatic rings. The summed E-state index contributed by atoms with van der Waals surface area (Å²) < 4.78 is 7.20. The molecule has 4 nitrogen and oxygen atoms in total. The Morgan fingerprint density at radius 1 is 1.35 bits per heavy atom. The fourth-order valence-corrected chi connectivity index (χ4v) is 2.19. The smallest absolute Gasteiger partial charge is 0.202 e. The Labute approximate surface area is 120 Å². The molecule has 2 rings (SSSR count). The second-order valence-electron chi connectivity index (χ2n) is 4.96. The number of hydrogen-bond acceptors (Lipinski definition) is 3. The van der Waals surface area contributed by atoms with Crippen LogP contribution in [0.5, 0.6) is 0 Å². The van der Waals surface area contributed by atoms with Gasteiger partial charge in [0.1, 0.15) is 0 Å². The van der Waals surface area contributed by atoms with Gasteiger partial charge in [-0.2, -0.15) is 0 Å². The quantitative estimate of drug-likeness (QED) is 0.752. The Kier molecular flexibility index (Phi) is 5.62. The number of aryl methyl sites for hydroxylation is 3. The summed E-state index contributed by atoms with van der Waals surface area (Å²) in [6.07, 6.45) is 5.87. The predicted octanol–water partition coefficient (Wildman–Crippen LogP) is 2.88. The van der Waals surface area contributed by atoms with E-state index in [1.165, 1.54) is 11.1 Å². The fourth-order valence-electron chi connectivity index (χ4n) is 2.19. The van der Waals surface area contributed by atoms with Crippen molar-refractivity contribution >= 4 is 5.95 Å². The molecule has 108 valence electrons. The molecule has 0 unspecified atom stereocenters. The average molecular weight is 273 g/mol. The van der Waals surface area contributed by atoms with Gasteiger partial charge in [-0.15, -0.1) is 0 Å². The molecule has 0 spiro atoms. The molecule has 0 saturated carbocycles. The van der Waals surface area contributed by atoms with E-state index in [1.54, 1.807) is 7.11 Å². The Morgan fingerprint density at radius 3 is 3.05 bits per heavy atom. The molecule has 0 bridgehead atoms. The number of rotatable bonds is 8. The molecule has 1 heterocycles. The zero-order valence-corrected chi connectivity index (χ0v) is 12.3. The number of nitrogens with zero attached hydrogens (tertiary/aromatic N) is 2. The first-order chi connectivity index (χ1) is 9.79. The summed E-state index contributed by atoms with van der Waals surface area (Å²) in [6, 6.07) is 8.66. The number of aromatic nitrogens is 2. The van der Waals surface area contributed by atoms with Gasteiger partial charge >= 0.3 is 0 Å². The summed E-state index contributed by atoms with van der Waals surface area (Å²) in [7, 11) is 1.72. The van der Waals surface area contributed by atoms with Gasteiger partial charge in [0.05, 0.1) is 0 Å². The van der Waals surface area contributed by atoms with Crippen molar-refractivity contribution in [1.82, 2.24) is 9.55 Å². The van der Waals surface area contributed by atoms with Crippen molar-refractivity contribution in [2.75, 3.05) is 25.6 Å². The number of ether oxygens (including phenoxy) is 1. The first kappa shape index (κ1) is 14.6. The monoisotopic (exact) mass is 273 g/mol. The minimum absolute atomic E-state index is 0.775. The lowest BCUT2D eigenvalue weighted by atomic mass is 10.1. The van der Waals surface area contributed by atoms with E-state index >= 15 is 0 Å². The second-order valence-corrected chi connectivity index (χ2v) is 4.96. The highest BCUT2D eigenvalue weighted by Gasteiger charge is 2.02. The van der Waals surface area contributed by atoms with E-state index in [-0.39, 0.29) is 0 Å². The molecule has 0 fully saturated rings. The molecular formula is C16H23N3O. The van der Waals surface area contributed by atoms with Crippen LogP contribution in [0.4, 0.5) is 5.95 Å². The lowest BCUT2D eigenvalue weighted by Gasteiger charge is -2.10. The third kappa shape index (κ3) is 4.38. The van der Waals surface area contributed by atoms with Gasteiger partial charge in [-0.05, 0) is 25.3 Å². The molecule has 1 aromatic carbocycles. The van der Waals surface area contributed by atoms with Crippen LogP contribution in [0.3, 0.4) is 0 Å². The summed E-state index contributed by atoms with van der Waals surface area (Å²) >= 11 is 0. The fraction of sp³-hybridized carbons (Fsp3) is 0.438. The van der Waals surface area contributed by atoms with Crippen molar-refractivity contribution in [2.24, 2.45) is 0 Å². The van der Waals surface area contributed by atoms with E-state index in [2.05, 4.69) is 46.1 Å². The third-order valence-electron chi connectivity index (χ3n) is 3.25. The molecular weight excluding hydrogens is 250 g/mol. The van der Waals surface area contributed by atoms with Crippen LogP contribution in [0.1, 0.15) is 17.5 Å². The van der Waals surface area contributed by atoms with Gasteiger partial charge in [0.25, 0.3) is 0 Å². The summed E-state index contributed by atoms with van der Waals surface area (Å²) in [5.74, 6) is 0.939. The first-order valence-electron chi connectivity index (χ1n) is 7.09. The van der Waals surface area contributed by atoms with Gasteiger partial charge < -0.3 is 14.6 Å². The van der Waals surface area contributed by atoms with Crippen LogP contribution in [0.15, 0.2) is 36.7 Å². The number of imidazole rings is 1. The van der Waals surface area contributed by atoms with E-state index in [0.29, 0.717) is 0 Å². The van der Waals surface area contributed by atoms with Crippen molar-refractivity contribution in [1.29, 1.82) is 0 Å². The molecule has 0 saturated heterocycles. The van der Waals surface area contributed by atoms with Crippen molar-refractivity contribution < 1.29 is 4.74 Å². The molecule has 1 N–H and O–H groups in total. The van der Waals surface area contributed by atoms with Gasteiger partial charge in [-0.25, -0.2) is 4.98 Å². The molecule has 0 amide bonds. The molecule has 0 radical (unpaired) electrons. The highest BCUT2D eigenvalue weighted by atomic mass is 16.5. The molecule has 4 heteroatoms. The SMILES string of the molecule is COCCCNc1nccn1CCc1cccc(C)c1. The van der Waals surface area contributed by atoms with Gasteiger partial charge in [-0.1, -0.05) is 29.8 Å². The zero-order chi connectivity index (χ0) is 14.2. The standard InChI is InChI=1S/C16H23N3O/c1-14-5-3-6-15(13-14)7-10-19-11-9-18-16(19)17-8-4-12-20-2/h3,5-6,9,11,13H,4,7-8,10,12H2,1-2H3,(H,17,18). The summed E-state index contributed by atoms with van der Waals surface area (Å²) in [6.45, 7) is 4.73. The summed E-state index contributed by atoms with van der Waals surface area (Å²) in [5, 5.41) is 3.35. The lowest BCUT2D eigenvalue weighted by Crippen LogP contribution is -2.11. The molecule has 1 aromatic heterocycles. The van der Waals surface area contributed by atoms with Crippen LogP contribution in [0.2, 0.25) is 0 Å². The van der Waals surface area contributed by atoms with Crippen LogP contribution in [-0.4, -0.2) is 29.8 Å². The van der Waals surface area contributed by atoms with Crippen LogP contribution in [-0.2, 0) is 17.7 Å². The summed E-state index contributed by atoms with van der Waals surface area (Å²) in [5.41, 5.74) is 2.68. The highest BCUT2D eigenvalue weighted by molar-refractivity contribution is 5.26. The normalized spacial score (nSPS) is 10.7. The highest BCUT2D eigenvalue weighted by Crippen LogP contribution is 2.09. The molecule has 0 aliphatic heterocycles. The minimum Gasteiger partial charge on any atom is -0.385 e. The van der Waals surface area contributed by atoms with Crippen LogP contribution in [0, 0.1) is 6.92 Å². The lowest BCUT2D eigenvalue weighted by molar-refractivity contribution is 0.197. The number of methoxy groups -OCH3 is 1. The Bertz CT molecular complexity index is 522. The van der Waals surface area contributed by atoms with Crippen molar-refractivity contribution in [3.8, 4) is 0 Å². The Hall–Kier alpha value is -1.81. The summed E-state index contributed by atoms with van der Waals surface area (Å²) in [4.78, 5) is 4.35. The molecule has 20 heavy (non-hydrogen) atoms. The van der Waals surface area contributed by atoms with E-state index in [1.807, 2.05) is 12.4 Å². The van der Waals surface area contributed by atoms with Gasteiger partial charge in [0.2, 0.25) is 5.95 Å². The topological polar surface area (TPSA) is 39.1 Å². The van der Waals surface area contributed by atoms with Gasteiger partial charge in [0.15, 0.2) is 0 Å². The van der Waals surface area contributed by atoms with Gasteiger partial charge in [0, 0.05) is 39.2 Å². The first-order valence-corrected chi connectivity index (χ1v) is 7.09. The maximum Gasteiger partial charge on any atom is 0.202 e. The van der Waals surface area contributed by atoms with E-state index in [0.717, 1.165) is 38.5 Å². The largest absolute Gasteiger partial charge is 0.385 e. The minimum atomic E-state index is 0.775. The second kappa shape index (κ2) is 7.70. The van der Waals surface area contributed by atoms with Crippen LogP contribution >= 0.6 is 0 Å². The van der Waals surface area contributed by atoms with Crippen LogP contribution < -0.4 is 5.32 Å². The van der Waals surface area contributed by atoms with E-state index in [4.69, 9.17) is 4.74 Å². The van der Waals surface area contributed by atoms with Crippen molar-refractivity contribution in [2.45, 2.75) is 26.3 Å². The maximum absolute atomic E-state index is 5.04. The number of benzene rings is 1. The molecule has 0 aliphatic rings. The van der Waals surface area contributed by atoms with E-state index in [9.17, 15) is 0 Å². The van der Waals surface area contributed by atoms with Crippen molar-refractivity contribution in [3.63, 3.8) is 0 Å². The van der Waals surface area contributed by atoms with Crippen LogP contribution in [0.25, 0.3) is 0 Å². The number of anilines is 1. The van der Waals surface area contributed by atoms with Crippen molar-refractivity contribution in [3.05, 3.63) is 47.8 Å². The third-order valence-corrected chi connectivity index (χ3v) is 3.25. The Balaban J connectivity index is 1.85. The molecule has 0 atom stereocenters. The zero-order valence-electron chi connectivity index (χ0n) is 12.3. The van der Waals surface area contributed by atoms with Gasteiger partial charge in [-0.3, -0.25) is 0 Å².